The Labute approximate surface area is 240 Å². The number of nitrogens with one attached hydrogen (secondary N) is 2. The molecule has 2 N–H and O–H groups in total. The first-order valence-corrected chi connectivity index (χ1v) is 13.3. The zero-order chi connectivity index (χ0) is 28.9. The lowest BCUT2D eigenvalue weighted by molar-refractivity contribution is -0.120. The van der Waals surface area contributed by atoms with Crippen molar-refractivity contribution in [3.05, 3.63) is 105 Å². The fraction of sp³-hybridized carbons (Fsp3) is 0.194. The number of methoxy groups -OCH3 is 1. The molecule has 0 radical (unpaired) electrons. The molecule has 0 atom stereocenters. The van der Waals surface area contributed by atoms with Crippen molar-refractivity contribution in [1.82, 2.24) is 15.2 Å². The van der Waals surface area contributed by atoms with Crippen LogP contribution in [0.2, 0.25) is 5.02 Å². The van der Waals surface area contributed by atoms with Gasteiger partial charge in [-0.15, -0.1) is 0 Å². The highest BCUT2D eigenvalue weighted by molar-refractivity contribution is 6.30. The molecular formula is C31H28ClN3O6. The minimum Gasteiger partial charge on any atom is -0.497 e. The van der Waals surface area contributed by atoms with Gasteiger partial charge in [0, 0.05) is 34.6 Å². The summed E-state index contributed by atoms with van der Waals surface area (Å²) in [7, 11) is 1.59. The molecule has 0 spiro atoms. The second-order valence-corrected chi connectivity index (χ2v) is 9.81. The lowest BCUT2D eigenvalue weighted by atomic mass is 10.1. The maximum absolute atomic E-state index is 12.9. The zero-order valence-electron chi connectivity index (χ0n) is 22.5. The van der Waals surface area contributed by atoms with Gasteiger partial charge in [-0.2, -0.15) is 0 Å². The standard InChI is InChI=1S/C31H28ClN3O6/c1-19-24(25-16-23(39-2)11-12-27(25)35(19)18-40-22-9-7-21(32)8-10-22)17-29(36)33-13-14-34-30(37)26-15-20-5-3-4-6-28(20)41-31(26)38/h3-12,15-16H,13-14,17-18H2,1-2H3,(H,33,36)(H,34,37). The van der Waals surface area contributed by atoms with Crippen molar-refractivity contribution in [2.45, 2.75) is 20.1 Å². The van der Waals surface area contributed by atoms with Gasteiger partial charge in [-0.05, 0) is 67.1 Å². The maximum Gasteiger partial charge on any atom is 0.349 e. The first-order valence-electron chi connectivity index (χ1n) is 13.0. The quantitative estimate of drug-likeness (QED) is 0.183. The zero-order valence-corrected chi connectivity index (χ0v) is 23.3. The molecule has 2 amide bonds. The Kier molecular flexibility index (Phi) is 8.26. The van der Waals surface area contributed by atoms with E-state index in [2.05, 4.69) is 10.6 Å². The average molecular weight is 574 g/mol. The molecule has 0 unspecified atom stereocenters. The van der Waals surface area contributed by atoms with Crippen LogP contribution in [0, 0.1) is 6.92 Å². The average Bonchev–Trinajstić information content (AvgIpc) is 3.23. The molecule has 9 nitrogen and oxygen atoms in total. The van der Waals surface area contributed by atoms with Crippen molar-refractivity contribution in [3.8, 4) is 11.5 Å². The number of ether oxygens (including phenoxy) is 2. The van der Waals surface area contributed by atoms with Crippen molar-refractivity contribution >= 4 is 45.3 Å². The second kappa shape index (κ2) is 12.2. The van der Waals surface area contributed by atoms with E-state index in [1.54, 1.807) is 55.6 Å². The van der Waals surface area contributed by atoms with Crippen LogP contribution in [0.4, 0.5) is 0 Å². The number of aromatic nitrogens is 1. The first-order chi connectivity index (χ1) is 19.8. The van der Waals surface area contributed by atoms with E-state index in [-0.39, 0.29) is 37.7 Å². The number of carbonyl (C=O) groups is 2. The van der Waals surface area contributed by atoms with E-state index in [0.29, 0.717) is 27.5 Å². The van der Waals surface area contributed by atoms with E-state index in [0.717, 1.165) is 22.2 Å². The van der Waals surface area contributed by atoms with E-state index in [9.17, 15) is 14.4 Å². The van der Waals surface area contributed by atoms with E-state index >= 15 is 0 Å². The highest BCUT2D eigenvalue weighted by Gasteiger charge is 2.18. The number of nitrogens with zero attached hydrogens (tertiary/aromatic N) is 1. The molecule has 5 aromatic rings. The van der Waals surface area contributed by atoms with Crippen LogP contribution < -0.4 is 25.7 Å². The highest BCUT2D eigenvalue weighted by Crippen LogP contribution is 2.30. The monoisotopic (exact) mass is 573 g/mol. The Morgan fingerprint density at radius 1 is 0.951 bits per heavy atom. The van der Waals surface area contributed by atoms with Gasteiger partial charge in [-0.25, -0.2) is 4.79 Å². The van der Waals surface area contributed by atoms with Crippen molar-refractivity contribution in [1.29, 1.82) is 0 Å². The van der Waals surface area contributed by atoms with Gasteiger partial charge in [0.15, 0.2) is 6.73 Å². The topological polar surface area (TPSA) is 112 Å². The molecular weight excluding hydrogens is 546 g/mol. The van der Waals surface area contributed by atoms with E-state index in [1.807, 2.05) is 29.7 Å². The van der Waals surface area contributed by atoms with Crippen molar-refractivity contribution in [2.75, 3.05) is 20.2 Å². The number of halogens is 1. The van der Waals surface area contributed by atoms with Gasteiger partial charge < -0.3 is 29.1 Å². The number of para-hydroxylation sites is 1. The molecule has 0 aliphatic carbocycles. The predicted octanol–water partition coefficient (Wildman–Crippen LogP) is 4.84. The summed E-state index contributed by atoms with van der Waals surface area (Å²) < 4.78 is 18.6. The Bertz CT molecular complexity index is 1790. The fourth-order valence-corrected chi connectivity index (χ4v) is 4.76. The van der Waals surface area contributed by atoms with Crippen molar-refractivity contribution < 1.29 is 23.5 Å². The molecule has 10 heteroatoms. The lowest BCUT2D eigenvalue weighted by Crippen LogP contribution is -2.36. The van der Waals surface area contributed by atoms with Crippen LogP contribution in [0.15, 0.2) is 82.0 Å². The normalized spacial score (nSPS) is 11.0. The van der Waals surface area contributed by atoms with Gasteiger partial charge in [0.05, 0.1) is 19.0 Å². The summed E-state index contributed by atoms with van der Waals surface area (Å²) in [6.07, 6.45) is 0.117. The molecule has 2 aromatic heterocycles. The third-order valence-electron chi connectivity index (χ3n) is 6.79. The Morgan fingerprint density at radius 3 is 2.46 bits per heavy atom. The molecule has 41 heavy (non-hydrogen) atoms. The molecule has 0 saturated heterocycles. The summed E-state index contributed by atoms with van der Waals surface area (Å²) in [5, 5.41) is 7.65. The molecule has 2 heterocycles. The Hall–Kier alpha value is -4.76. The van der Waals surface area contributed by atoms with Crippen LogP contribution in [-0.2, 0) is 17.9 Å². The summed E-state index contributed by atoms with van der Waals surface area (Å²) >= 11 is 5.98. The van der Waals surface area contributed by atoms with Crippen LogP contribution in [0.25, 0.3) is 21.9 Å². The van der Waals surface area contributed by atoms with Gasteiger partial charge in [0.2, 0.25) is 5.91 Å². The Balaban J connectivity index is 1.23. The molecule has 210 valence electrons. The van der Waals surface area contributed by atoms with Gasteiger partial charge in [-0.1, -0.05) is 29.8 Å². The fourth-order valence-electron chi connectivity index (χ4n) is 4.63. The number of hydrogen-bond donors (Lipinski definition) is 2. The number of fused-ring (bicyclic) bond motifs is 2. The molecule has 0 aliphatic heterocycles. The lowest BCUT2D eigenvalue weighted by Gasteiger charge is -2.11. The number of rotatable bonds is 10. The SMILES string of the molecule is COc1ccc2c(c1)c(CC(=O)NCCNC(=O)c1cc3ccccc3oc1=O)c(C)n2COc1ccc(Cl)cc1. The third-order valence-corrected chi connectivity index (χ3v) is 7.04. The molecule has 0 saturated carbocycles. The van der Waals surface area contributed by atoms with E-state index < -0.39 is 11.5 Å². The van der Waals surface area contributed by atoms with Crippen LogP contribution >= 0.6 is 11.6 Å². The predicted molar refractivity (Wildman–Crippen MR) is 157 cm³/mol. The van der Waals surface area contributed by atoms with Crippen molar-refractivity contribution in [3.63, 3.8) is 0 Å². The summed E-state index contributed by atoms with van der Waals surface area (Å²) in [5.41, 5.74) is 2.23. The number of carbonyl (C=O) groups excluding carboxylic acids is 2. The number of amides is 2. The molecule has 0 fully saturated rings. The summed E-state index contributed by atoms with van der Waals surface area (Å²) in [6.45, 7) is 2.51. The second-order valence-electron chi connectivity index (χ2n) is 9.37. The number of hydrogen-bond acceptors (Lipinski definition) is 6. The van der Waals surface area contributed by atoms with Crippen LogP contribution in [0.1, 0.15) is 21.6 Å². The minimum absolute atomic E-state index is 0.0896. The minimum atomic E-state index is -0.715. The van der Waals surface area contributed by atoms with Gasteiger partial charge in [0.1, 0.15) is 22.6 Å². The van der Waals surface area contributed by atoms with Crippen LogP contribution in [0.3, 0.4) is 0 Å². The first kappa shape index (κ1) is 27.8. The molecule has 5 rings (SSSR count). The summed E-state index contributed by atoms with van der Waals surface area (Å²) in [6, 6.07) is 21.3. The Morgan fingerprint density at radius 2 is 1.68 bits per heavy atom. The molecule has 0 aliphatic rings. The van der Waals surface area contributed by atoms with Gasteiger partial charge in [0.25, 0.3) is 5.91 Å². The van der Waals surface area contributed by atoms with Gasteiger partial charge in [-0.3, -0.25) is 9.59 Å². The summed E-state index contributed by atoms with van der Waals surface area (Å²) in [5.74, 6) is 0.571. The van der Waals surface area contributed by atoms with E-state index in [1.165, 1.54) is 6.07 Å². The number of benzene rings is 3. The van der Waals surface area contributed by atoms with Crippen LogP contribution in [-0.4, -0.2) is 36.6 Å². The summed E-state index contributed by atoms with van der Waals surface area (Å²) in [4.78, 5) is 37.7. The van der Waals surface area contributed by atoms with Gasteiger partial charge >= 0.3 is 5.63 Å². The van der Waals surface area contributed by atoms with Crippen molar-refractivity contribution in [2.24, 2.45) is 0 Å². The molecule has 3 aromatic carbocycles. The third kappa shape index (κ3) is 6.20. The highest BCUT2D eigenvalue weighted by atomic mass is 35.5. The molecule has 0 bridgehead atoms. The van der Waals surface area contributed by atoms with E-state index in [4.69, 9.17) is 25.5 Å². The largest absolute Gasteiger partial charge is 0.497 e. The smallest absolute Gasteiger partial charge is 0.349 e. The van der Waals surface area contributed by atoms with Crippen LogP contribution in [0.5, 0.6) is 11.5 Å². The maximum atomic E-state index is 12.9.